The molecule has 0 aromatic heterocycles. The van der Waals surface area contributed by atoms with Gasteiger partial charge in [0, 0.05) is 6.61 Å². The highest BCUT2D eigenvalue weighted by Gasteiger charge is 2.33. The fourth-order valence-electron chi connectivity index (χ4n) is 7.93. The van der Waals surface area contributed by atoms with Crippen LogP contribution in [0.5, 0.6) is 0 Å². The lowest BCUT2D eigenvalue weighted by molar-refractivity contribution is -0.156. The molecule has 0 rings (SSSR count). The number of rotatable bonds is 44. The highest BCUT2D eigenvalue weighted by atomic mass is 16.5. The topological polar surface area (TPSA) is 76.1 Å². The molecule has 2 atom stereocenters. The molecule has 0 aliphatic heterocycles. The van der Waals surface area contributed by atoms with Crippen molar-refractivity contribution in [2.24, 2.45) is 11.3 Å². The Balaban J connectivity index is 4.44. The number of hydrogen-bond donors (Lipinski definition) is 1. The van der Waals surface area contributed by atoms with Gasteiger partial charge in [-0.05, 0) is 90.8 Å². The van der Waals surface area contributed by atoms with Gasteiger partial charge in [-0.1, -0.05) is 182 Å². The van der Waals surface area contributed by atoms with Gasteiger partial charge in [0.2, 0.25) is 0 Å². The molecule has 0 saturated heterocycles. The van der Waals surface area contributed by atoms with E-state index in [0.717, 1.165) is 135 Å². The van der Waals surface area contributed by atoms with Crippen molar-refractivity contribution in [3.63, 3.8) is 0 Å². The molecule has 0 saturated carbocycles. The van der Waals surface area contributed by atoms with E-state index in [4.69, 9.17) is 9.47 Å². The molecular formula is C49H97NO5. The van der Waals surface area contributed by atoms with Crippen LogP contribution in [0.2, 0.25) is 0 Å². The third-order valence-corrected chi connectivity index (χ3v) is 11.9. The smallest absolute Gasteiger partial charge is 0.311 e. The van der Waals surface area contributed by atoms with Crippen molar-refractivity contribution in [1.82, 2.24) is 4.90 Å². The van der Waals surface area contributed by atoms with Crippen LogP contribution in [0, 0.1) is 11.3 Å². The zero-order valence-electron chi connectivity index (χ0n) is 37.9. The third kappa shape index (κ3) is 33.5. The summed E-state index contributed by atoms with van der Waals surface area (Å²) >= 11 is 0. The van der Waals surface area contributed by atoms with Gasteiger partial charge in [0.05, 0.1) is 24.5 Å². The minimum atomic E-state index is -0.332. The number of aliphatic hydroxyl groups excluding tert-OH is 1. The van der Waals surface area contributed by atoms with E-state index in [2.05, 4.69) is 39.5 Å². The highest BCUT2D eigenvalue weighted by molar-refractivity contribution is 5.76. The van der Waals surface area contributed by atoms with E-state index in [1.807, 2.05) is 0 Å². The maximum Gasteiger partial charge on any atom is 0.311 e. The molecule has 0 radical (unpaired) electrons. The zero-order valence-corrected chi connectivity index (χ0v) is 37.9. The van der Waals surface area contributed by atoms with Gasteiger partial charge in [-0.15, -0.1) is 0 Å². The number of aliphatic hydroxyl groups is 1. The highest BCUT2D eigenvalue weighted by Crippen LogP contribution is 2.33. The molecule has 6 nitrogen and oxygen atoms in total. The molecule has 0 aliphatic carbocycles. The summed E-state index contributed by atoms with van der Waals surface area (Å²) in [4.78, 5) is 28.9. The first-order valence-corrected chi connectivity index (χ1v) is 24.5. The van der Waals surface area contributed by atoms with Gasteiger partial charge in [-0.25, -0.2) is 0 Å². The van der Waals surface area contributed by atoms with Gasteiger partial charge in [0.1, 0.15) is 0 Å². The van der Waals surface area contributed by atoms with E-state index < -0.39 is 0 Å². The normalized spacial score (nSPS) is 13.3. The molecule has 0 bridgehead atoms. The lowest BCUT2D eigenvalue weighted by Gasteiger charge is -2.27. The van der Waals surface area contributed by atoms with Gasteiger partial charge < -0.3 is 19.5 Å². The van der Waals surface area contributed by atoms with Crippen molar-refractivity contribution in [2.45, 2.75) is 253 Å². The van der Waals surface area contributed by atoms with Gasteiger partial charge in [-0.3, -0.25) is 9.59 Å². The van der Waals surface area contributed by atoms with Crippen LogP contribution in [0.25, 0.3) is 0 Å². The predicted octanol–water partition coefficient (Wildman–Crippen LogP) is 14.3. The van der Waals surface area contributed by atoms with Crippen molar-refractivity contribution in [2.75, 3.05) is 39.5 Å². The molecule has 0 aliphatic rings. The monoisotopic (exact) mass is 780 g/mol. The van der Waals surface area contributed by atoms with Crippen molar-refractivity contribution in [3.8, 4) is 0 Å². The van der Waals surface area contributed by atoms with E-state index in [0.29, 0.717) is 13.2 Å². The molecule has 0 amide bonds. The summed E-state index contributed by atoms with van der Waals surface area (Å²) in [6.07, 6.45) is 39.4. The van der Waals surface area contributed by atoms with Crippen molar-refractivity contribution in [1.29, 1.82) is 0 Å². The summed E-state index contributed by atoms with van der Waals surface area (Å²) in [5.41, 5.74) is -0.332. The molecule has 0 spiro atoms. The second-order valence-electron chi connectivity index (χ2n) is 17.4. The Kier molecular flexibility index (Phi) is 40.2. The van der Waals surface area contributed by atoms with Crippen molar-refractivity contribution < 1.29 is 24.2 Å². The van der Waals surface area contributed by atoms with Crippen LogP contribution >= 0.6 is 0 Å². The van der Waals surface area contributed by atoms with Gasteiger partial charge in [-0.2, -0.15) is 0 Å². The first kappa shape index (κ1) is 53.9. The summed E-state index contributed by atoms with van der Waals surface area (Å²) in [7, 11) is 0. The molecule has 328 valence electrons. The Morgan fingerprint density at radius 3 is 1.33 bits per heavy atom. The number of hydrogen-bond acceptors (Lipinski definition) is 6. The van der Waals surface area contributed by atoms with Crippen molar-refractivity contribution >= 4 is 11.9 Å². The van der Waals surface area contributed by atoms with Gasteiger partial charge in [0.15, 0.2) is 0 Å². The number of ether oxygens (including phenoxy) is 2. The Hall–Kier alpha value is -1.14. The van der Waals surface area contributed by atoms with Crippen LogP contribution in [-0.2, 0) is 19.1 Å². The van der Waals surface area contributed by atoms with Crippen LogP contribution in [0.4, 0.5) is 0 Å². The third-order valence-electron chi connectivity index (χ3n) is 11.9. The summed E-state index contributed by atoms with van der Waals surface area (Å²) in [6.45, 7) is 15.8. The van der Waals surface area contributed by atoms with Gasteiger partial charge in [0.25, 0.3) is 0 Å². The summed E-state index contributed by atoms with van der Waals surface area (Å²) in [5.74, 6) is 0.181. The predicted molar refractivity (Wildman–Crippen MR) is 237 cm³/mol. The first-order chi connectivity index (χ1) is 26.9. The molecule has 0 heterocycles. The number of carbonyl (C=O) groups is 2. The van der Waals surface area contributed by atoms with E-state index in [9.17, 15) is 14.7 Å². The zero-order chi connectivity index (χ0) is 40.5. The van der Waals surface area contributed by atoms with E-state index in [-0.39, 0.29) is 29.9 Å². The minimum Gasteiger partial charge on any atom is -0.465 e. The standard InChI is InChI=1S/C49H97NO5/c1-6-10-14-18-20-27-37-46(36-26-16-12-8-3)47(52)54-44-34-24-22-30-40-50(42-32-33-43-51)41-31-23-25-35-45-55-48(53)49(5,38-28-17-13-9-4)39-29-21-19-15-11-7-2/h46,51H,6-45H2,1-5H3. The molecule has 0 aromatic rings. The van der Waals surface area contributed by atoms with E-state index >= 15 is 0 Å². The maximum atomic E-state index is 13.3. The van der Waals surface area contributed by atoms with Crippen LogP contribution in [-0.4, -0.2) is 61.4 Å². The summed E-state index contributed by atoms with van der Waals surface area (Å²) in [6, 6.07) is 0. The Bertz CT molecular complexity index is 821. The average molecular weight is 780 g/mol. The maximum absolute atomic E-state index is 13.3. The second-order valence-corrected chi connectivity index (χ2v) is 17.4. The van der Waals surface area contributed by atoms with Crippen LogP contribution in [0.3, 0.4) is 0 Å². The lowest BCUT2D eigenvalue weighted by Crippen LogP contribution is -2.30. The van der Waals surface area contributed by atoms with Crippen LogP contribution < -0.4 is 0 Å². The fourth-order valence-corrected chi connectivity index (χ4v) is 7.93. The lowest BCUT2D eigenvalue weighted by atomic mass is 9.79. The number of nitrogens with zero attached hydrogens (tertiary/aromatic N) is 1. The molecule has 6 heteroatoms. The fraction of sp³-hybridized carbons (Fsp3) is 0.959. The molecule has 0 aromatic carbocycles. The van der Waals surface area contributed by atoms with Crippen molar-refractivity contribution in [3.05, 3.63) is 0 Å². The van der Waals surface area contributed by atoms with Crippen LogP contribution in [0.1, 0.15) is 253 Å². The summed E-state index contributed by atoms with van der Waals surface area (Å²) < 4.78 is 11.8. The SMILES string of the molecule is CCCCCCCCC(CCCCCC)C(=O)OCCCCCCN(CCCCO)CCCCCCOC(=O)C(C)(CCCCCC)CCCCCCCC. The molecule has 1 N–H and O–H groups in total. The molecule has 55 heavy (non-hydrogen) atoms. The van der Waals surface area contributed by atoms with Crippen LogP contribution in [0.15, 0.2) is 0 Å². The molecule has 2 unspecified atom stereocenters. The van der Waals surface area contributed by atoms with E-state index in [1.54, 1.807) is 0 Å². The molecule has 0 fully saturated rings. The second kappa shape index (κ2) is 41.0. The first-order valence-electron chi connectivity index (χ1n) is 24.5. The Morgan fingerprint density at radius 1 is 0.473 bits per heavy atom. The Morgan fingerprint density at radius 2 is 0.836 bits per heavy atom. The van der Waals surface area contributed by atoms with Gasteiger partial charge >= 0.3 is 11.9 Å². The summed E-state index contributed by atoms with van der Waals surface area (Å²) in [5, 5.41) is 9.34. The quantitative estimate of drug-likeness (QED) is 0.0490. The number of carbonyl (C=O) groups excluding carboxylic acids is 2. The number of unbranched alkanes of at least 4 members (excludes halogenated alkanes) is 23. The number of esters is 2. The Labute approximate surface area is 343 Å². The largest absolute Gasteiger partial charge is 0.465 e. The average Bonchev–Trinajstić information content (AvgIpc) is 3.18. The van der Waals surface area contributed by atoms with E-state index in [1.165, 1.54) is 103 Å². The molecular weight excluding hydrogens is 683 g/mol. The minimum absolute atomic E-state index is 0.0382.